The largest absolute Gasteiger partial charge is 0.406 e. The van der Waals surface area contributed by atoms with Gasteiger partial charge in [-0.15, -0.1) is 0 Å². The molecule has 1 unspecified atom stereocenters. The van der Waals surface area contributed by atoms with Gasteiger partial charge < -0.3 is 0 Å². The van der Waals surface area contributed by atoms with Crippen molar-refractivity contribution in [1.82, 2.24) is 4.98 Å². The first kappa shape index (κ1) is 16.9. The first-order chi connectivity index (χ1) is 12.9. The van der Waals surface area contributed by atoms with E-state index < -0.39 is 24.7 Å². The van der Waals surface area contributed by atoms with E-state index >= 15 is 0 Å². The van der Waals surface area contributed by atoms with Crippen molar-refractivity contribution in [2.24, 2.45) is 10.2 Å². The number of carbonyl (C=O) groups is 1. The summed E-state index contributed by atoms with van der Waals surface area (Å²) in [5.41, 5.74) is 1.69. The molecule has 2 aromatic rings. The monoisotopic (exact) mass is 369 g/mol. The number of benzene rings is 1. The summed E-state index contributed by atoms with van der Waals surface area (Å²) in [6.07, 6.45) is -1.90. The number of nitrogens with zero attached hydrogens (tertiary/aromatic N) is 5. The average molecular weight is 369 g/mol. The molecule has 1 aromatic heterocycles. The van der Waals surface area contributed by atoms with Crippen LogP contribution in [0.15, 0.2) is 58.5 Å². The third-order valence-electron chi connectivity index (χ3n) is 4.32. The van der Waals surface area contributed by atoms with Crippen LogP contribution >= 0.6 is 0 Å². The van der Waals surface area contributed by atoms with E-state index in [9.17, 15) is 23.2 Å². The Morgan fingerprint density at radius 2 is 2.07 bits per heavy atom. The Hall–Kier alpha value is -3.54. The first-order valence-corrected chi connectivity index (χ1v) is 7.87. The zero-order valence-electron chi connectivity index (χ0n) is 13.6. The van der Waals surface area contributed by atoms with Crippen LogP contribution in [0.5, 0.6) is 0 Å². The van der Waals surface area contributed by atoms with Gasteiger partial charge in [0.25, 0.3) is 5.91 Å². The van der Waals surface area contributed by atoms with Gasteiger partial charge >= 0.3 is 6.18 Å². The molecular formula is C18H10F3N5O. The third-order valence-corrected chi connectivity index (χ3v) is 4.32. The van der Waals surface area contributed by atoms with Crippen molar-refractivity contribution in [3.8, 4) is 17.3 Å². The van der Waals surface area contributed by atoms with E-state index in [0.29, 0.717) is 21.7 Å². The maximum absolute atomic E-state index is 13.1. The molecule has 0 radical (unpaired) electrons. The number of hydrogen-bond acceptors (Lipinski definition) is 5. The second-order valence-corrected chi connectivity index (χ2v) is 6.01. The van der Waals surface area contributed by atoms with Gasteiger partial charge in [-0.25, -0.2) is 0 Å². The van der Waals surface area contributed by atoms with E-state index in [1.54, 1.807) is 24.3 Å². The Morgan fingerprint density at radius 3 is 2.81 bits per heavy atom. The molecule has 0 fully saturated rings. The van der Waals surface area contributed by atoms with E-state index in [0.717, 1.165) is 0 Å². The molecule has 27 heavy (non-hydrogen) atoms. The van der Waals surface area contributed by atoms with Crippen LogP contribution in [0, 0.1) is 11.3 Å². The van der Waals surface area contributed by atoms with Crippen molar-refractivity contribution in [3.05, 3.63) is 59.4 Å². The molecule has 6 nitrogen and oxygen atoms in total. The molecule has 9 heteroatoms. The maximum atomic E-state index is 13.1. The van der Waals surface area contributed by atoms with Gasteiger partial charge in [-0.1, -0.05) is 12.1 Å². The molecule has 0 bridgehead atoms. The van der Waals surface area contributed by atoms with E-state index in [2.05, 4.69) is 15.2 Å². The van der Waals surface area contributed by atoms with Crippen LogP contribution in [0.25, 0.3) is 11.3 Å². The van der Waals surface area contributed by atoms with Crippen LogP contribution in [0.3, 0.4) is 0 Å². The van der Waals surface area contributed by atoms with Gasteiger partial charge in [0, 0.05) is 17.3 Å². The lowest BCUT2D eigenvalue weighted by Gasteiger charge is -2.33. The molecule has 0 saturated carbocycles. The van der Waals surface area contributed by atoms with Gasteiger partial charge in [0.1, 0.15) is 18.7 Å². The van der Waals surface area contributed by atoms with E-state index in [-0.39, 0.29) is 16.8 Å². The number of halogens is 3. The van der Waals surface area contributed by atoms with Crippen molar-refractivity contribution in [1.29, 1.82) is 5.26 Å². The fourth-order valence-electron chi connectivity index (χ4n) is 3.18. The lowest BCUT2D eigenvalue weighted by Crippen LogP contribution is -2.43. The van der Waals surface area contributed by atoms with Gasteiger partial charge in [-0.2, -0.15) is 28.7 Å². The molecule has 1 amide bonds. The smallest absolute Gasteiger partial charge is 0.299 e. The zero-order valence-corrected chi connectivity index (χ0v) is 13.6. The van der Waals surface area contributed by atoms with Crippen molar-refractivity contribution in [2.45, 2.75) is 12.2 Å². The lowest BCUT2D eigenvalue weighted by atomic mass is 9.90. The maximum Gasteiger partial charge on any atom is 0.406 e. The quantitative estimate of drug-likeness (QED) is 0.804. The van der Waals surface area contributed by atoms with E-state index in [1.807, 2.05) is 6.07 Å². The average Bonchev–Trinajstić information content (AvgIpc) is 3.14. The number of pyridine rings is 1. The summed E-state index contributed by atoms with van der Waals surface area (Å²) in [6.45, 7) is -1.43. The standard InChI is InChI=1S/C18H10F3N5O/c19-18(20,21)9-26-14-6-10(15-11(7-22)2-1-5-23-15)3-4-12(14)16-13(17(26)27)8-24-25-16/h1-6,8,16H,9H2. The van der Waals surface area contributed by atoms with Crippen LogP contribution in [0.4, 0.5) is 18.9 Å². The summed E-state index contributed by atoms with van der Waals surface area (Å²) >= 11 is 0. The lowest BCUT2D eigenvalue weighted by molar-refractivity contribution is -0.130. The summed E-state index contributed by atoms with van der Waals surface area (Å²) < 4.78 is 39.2. The van der Waals surface area contributed by atoms with Crippen LogP contribution < -0.4 is 4.90 Å². The SMILES string of the molecule is N#Cc1cccnc1-c1ccc2c(c1)N(CC(F)(F)F)C(=O)C1=CN=NC12. The fourth-order valence-corrected chi connectivity index (χ4v) is 3.18. The Balaban J connectivity index is 1.89. The summed E-state index contributed by atoms with van der Waals surface area (Å²) in [6, 6.07) is 9.12. The van der Waals surface area contributed by atoms with Crippen molar-refractivity contribution in [3.63, 3.8) is 0 Å². The van der Waals surface area contributed by atoms with Crippen LogP contribution in [-0.4, -0.2) is 23.6 Å². The van der Waals surface area contributed by atoms with Crippen LogP contribution in [0.2, 0.25) is 0 Å². The number of amides is 1. The third kappa shape index (κ3) is 2.85. The molecule has 0 saturated heterocycles. The molecule has 4 rings (SSSR count). The molecule has 2 aliphatic heterocycles. The summed E-state index contributed by atoms with van der Waals surface area (Å²) in [5.74, 6) is -0.784. The molecule has 0 aliphatic carbocycles. The molecule has 0 N–H and O–H groups in total. The topological polar surface area (TPSA) is 81.7 Å². The highest BCUT2D eigenvalue weighted by atomic mass is 19.4. The molecule has 134 valence electrons. The van der Waals surface area contributed by atoms with Crippen LogP contribution in [0.1, 0.15) is 17.2 Å². The van der Waals surface area contributed by atoms with Crippen LogP contribution in [-0.2, 0) is 4.79 Å². The van der Waals surface area contributed by atoms with E-state index in [4.69, 9.17) is 0 Å². The van der Waals surface area contributed by atoms with Gasteiger partial charge in [0.2, 0.25) is 0 Å². The fraction of sp³-hybridized carbons (Fsp3) is 0.167. The van der Waals surface area contributed by atoms with Crippen molar-refractivity contribution >= 4 is 11.6 Å². The minimum absolute atomic E-state index is 0.0902. The number of hydrogen-bond donors (Lipinski definition) is 0. The number of carbonyl (C=O) groups excluding carboxylic acids is 1. The Bertz CT molecular complexity index is 1050. The number of aromatic nitrogens is 1. The van der Waals surface area contributed by atoms with Gasteiger partial charge in [0.15, 0.2) is 0 Å². The normalized spacial score (nSPS) is 18.0. The minimum Gasteiger partial charge on any atom is -0.299 e. The first-order valence-electron chi connectivity index (χ1n) is 7.87. The summed E-state index contributed by atoms with van der Waals surface area (Å²) in [5, 5.41) is 16.9. The van der Waals surface area contributed by atoms with Crippen molar-refractivity contribution in [2.75, 3.05) is 11.4 Å². The second-order valence-electron chi connectivity index (χ2n) is 6.01. The number of alkyl halides is 3. The minimum atomic E-state index is -4.58. The van der Waals surface area contributed by atoms with Crippen molar-refractivity contribution < 1.29 is 18.0 Å². The molecular weight excluding hydrogens is 359 g/mol. The number of rotatable bonds is 2. The molecule has 2 aliphatic rings. The highest BCUT2D eigenvalue weighted by molar-refractivity contribution is 6.10. The summed E-state index contributed by atoms with van der Waals surface area (Å²) in [4.78, 5) is 17.4. The highest BCUT2D eigenvalue weighted by Gasteiger charge is 2.43. The molecule has 1 atom stereocenters. The summed E-state index contributed by atoms with van der Waals surface area (Å²) in [7, 11) is 0. The predicted octanol–water partition coefficient (Wildman–Crippen LogP) is 3.92. The second kappa shape index (κ2) is 6.02. The number of nitriles is 1. The van der Waals surface area contributed by atoms with Gasteiger partial charge in [-0.05, 0) is 18.2 Å². The van der Waals surface area contributed by atoms with E-state index in [1.165, 1.54) is 18.5 Å². The molecule has 1 aromatic carbocycles. The number of anilines is 1. The predicted molar refractivity (Wildman–Crippen MR) is 88.5 cm³/mol. The van der Waals surface area contributed by atoms with Gasteiger partial charge in [0.05, 0.1) is 28.7 Å². The Kier molecular flexibility index (Phi) is 3.77. The van der Waals surface area contributed by atoms with Gasteiger partial charge in [-0.3, -0.25) is 14.7 Å². The molecule has 3 heterocycles. The highest BCUT2D eigenvalue weighted by Crippen LogP contribution is 2.44. The number of fused-ring (bicyclic) bond motifs is 3. The Morgan fingerprint density at radius 1 is 1.26 bits per heavy atom. The number of azo groups is 1. The zero-order chi connectivity index (χ0) is 19.2. The Labute approximate surface area is 151 Å². The molecule has 0 spiro atoms.